The van der Waals surface area contributed by atoms with E-state index in [2.05, 4.69) is 15.5 Å². The number of nitrogens with one attached hydrogen (secondary N) is 2. The molecule has 2 rings (SSSR count). The van der Waals surface area contributed by atoms with Crippen LogP contribution in [0.15, 0.2) is 24.3 Å². The fraction of sp³-hybridized carbons (Fsp3) is 0.474. The third-order valence-corrected chi connectivity index (χ3v) is 4.26. The molecule has 2 aromatic rings. The summed E-state index contributed by atoms with van der Waals surface area (Å²) in [5.41, 5.74) is 1.66. The van der Waals surface area contributed by atoms with Crippen LogP contribution in [0, 0.1) is 11.7 Å². The lowest BCUT2D eigenvalue weighted by molar-refractivity contribution is -0.136. The first-order chi connectivity index (χ1) is 12.6. The van der Waals surface area contributed by atoms with Gasteiger partial charge in [-0.1, -0.05) is 29.8 Å². The van der Waals surface area contributed by atoms with E-state index in [1.165, 1.54) is 4.90 Å². The molecule has 0 saturated heterocycles. The number of aromatic nitrogens is 3. The second-order valence-electron chi connectivity index (χ2n) is 7.51. The van der Waals surface area contributed by atoms with Crippen LogP contribution in [-0.4, -0.2) is 50.1 Å². The zero-order valence-corrected chi connectivity index (χ0v) is 17.3. The van der Waals surface area contributed by atoms with Gasteiger partial charge in [-0.25, -0.2) is 0 Å². The van der Waals surface area contributed by atoms with Gasteiger partial charge < -0.3 is 10.2 Å². The second kappa shape index (κ2) is 8.47. The summed E-state index contributed by atoms with van der Waals surface area (Å²) in [4.78, 5) is 26.4. The van der Waals surface area contributed by atoms with Gasteiger partial charge >= 0.3 is 0 Å². The summed E-state index contributed by atoms with van der Waals surface area (Å²) in [5.74, 6) is 0.225. The average Bonchev–Trinajstić information content (AvgIpc) is 2.92. The van der Waals surface area contributed by atoms with Gasteiger partial charge in [0, 0.05) is 17.6 Å². The molecule has 7 nitrogen and oxygen atoms in total. The molecule has 146 valence electrons. The van der Waals surface area contributed by atoms with Crippen LogP contribution in [0.4, 0.5) is 0 Å². The Balaban J connectivity index is 2.17. The first-order valence-corrected chi connectivity index (χ1v) is 9.32. The van der Waals surface area contributed by atoms with Crippen LogP contribution in [0.1, 0.15) is 33.3 Å². The first kappa shape index (κ1) is 20.8. The zero-order chi connectivity index (χ0) is 20.2. The maximum Gasteiger partial charge on any atom is 0.243 e. The van der Waals surface area contributed by atoms with Gasteiger partial charge in [0.05, 0.1) is 6.54 Å². The first-order valence-electron chi connectivity index (χ1n) is 8.91. The van der Waals surface area contributed by atoms with Crippen LogP contribution in [0.5, 0.6) is 0 Å². The molecule has 0 radical (unpaired) electrons. The minimum atomic E-state index is -0.342. The van der Waals surface area contributed by atoms with Gasteiger partial charge in [0.15, 0.2) is 10.6 Å². The van der Waals surface area contributed by atoms with E-state index in [0.29, 0.717) is 17.1 Å². The van der Waals surface area contributed by atoms with Gasteiger partial charge in [0.25, 0.3) is 0 Å². The fourth-order valence-electron chi connectivity index (χ4n) is 2.63. The summed E-state index contributed by atoms with van der Waals surface area (Å²) in [7, 11) is 0. The number of carbonyl (C=O) groups excluding carboxylic acids is 2. The zero-order valence-electron chi connectivity index (χ0n) is 16.5. The number of nitrogens with zero attached hydrogens (tertiary/aromatic N) is 3. The molecule has 8 heteroatoms. The number of hydrogen-bond acceptors (Lipinski definition) is 4. The predicted octanol–water partition coefficient (Wildman–Crippen LogP) is 2.68. The lowest BCUT2D eigenvalue weighted by atomic mass is 10.1. The van der Waals surface area contributed by atoms with Crippen molar-refractivity contribution in [3.8, 4) is 11.4 Å². The van der Waals surface area contributed by atoms with Crippen molar-refractivity contribution < 1.29 is 9.59 Å². The van der Waals surface area contributed by atoms with Crippen molar-refractivity contribution in [3.05, 3.63) is 34.6 Å². The second-order valence-corrected chi connectivity index (χ2v) is 7.90. The number of amides is 2. The largest absolute Gasteiger partial charge is 0.350 e. The number of benzene rings is 1. The number of carbonyl (C=O) groups is 2. The van der Waals surface area contributed by atoms with Crippen LogP contribution in [-0.2, 0) is 16.1 Å². The summed E-state index contributed by atoms with van der Waals surface area (Å²) >= 11 is 5.29. The Hall–Kier alpha value is -2.48. The molecule has 0 aliphatic heterocycles. The molecule has 2 amide bonds. The number of aromatic amines is 1. The van der Waals surface area contributed by atoms with E-state index in [9.17, 15) is 9.59 Å². The minimum Gasteiger partial charge on any atom is -0.350 e. The van der Waals surface area contributed by atoms with Crippen molar-refractivity contribution in [2.24, 2.45) is 0 Å². The van der Waals surface area contributed by atoms with Crippen molar-refractivity contribution in [3.63, 3.8) is 0 Å². The molecule has 0 atom stereocenters. The third kappa shape index (κ3) is 5.75. The molecule has 1 aromatic heterocycles. The molecule has 0 saturated carbocycles. The van der Waals surface area contributed by atoms with E-state index in [-0.39, 0.29) is 30.4 Å². The minimum absolute atomic E-state index is 0.0115. The van der Waals surface area contributed by atoms with Crippen LogP contribution < -0.4 is 5.32 Å². The van der Waals surface area contributed by atoms with E-state index in [4.69, 9.17) is 12.2 Å². The SMILES string of the molecule is CCN(CC(=O)NC(C)(C)C)C(=O)Cn1c(-c2ccc(C)cc2)n[nH]c1=S. The summed E-state index contributed by atoms with van der Waals surface area (Å²) in [6.07, 6.45) is 0. The molecule has 0 bridgehead atoms. The molecular formula is C19H27N5O2S. The van der Waals surface area contributed by atoms with Gasteiger partial charge in [-0.15, -0.1) is 0 Å². The normalized spacial score (nSPS) is 11.3. The quantitative estimate of drug-likeness (QED) is 0.744. The number of hydrogen-bond donors (Lipinski definition) is 2. The smallest absolute Gasteiger partial charge is 0.243 e. The Bertz CT molecular complexity index is 861. The highest BCUT2D eigenvalue weighted by molar-refractivity contribution is 7.71. The highest BCUT2D eigenvalue weighted by atomic mass is 32.1. The molecule has 1 aromatic carbocycles. The Labute approximate surface area is 164 Å². The van der Waals surface area contributed by atoms with Crippen LogP contribution >= 0.6 is 12.2 Å². The Morgan fingerprint density at radius 2 is 1.89 bits per heavy atom. The third-order valence-electron chi connectivity index (χ3n) is 3.94. The van der Waals surface area contributed by atoms with Crippen molar-refractivity contribution in [1.82, 2.24) is 25.0 Å². The Morgan fingerprint density at radius 1 is 1.26 bits per heavy atom. The highest BCUT2D eigenvalue weighted by Gasteiger charge is 2.21. The fourth-order valence-corrected chi connectivity index (χ4v) is 2.83. The monoisotopic (exact) mass is 389 g/mol. The molecular weight excluding hydrogens is 362 g/mol. The lowest BCUT2D eigenvalue weighted by Crippen LogP contribution is -2.47. The molecule has 0 aliphatic rings. The Kier molecular flexibility index (Phi) is 6.54. The molecule has 27 heavy (non-hydrogen) atoms. The molecule has 1 heterocycles. The maximum absolute atomic E-state index is 12.8. The Morgan fingerprint density at radius 3 is 2.44 bits per heavy atom. The van der Waals surface area contributed by atoms with Crippen molar-refractivity contribution >= 4 is 24.0 Å². The van der Waals surface area contributed by atoms with Gasteiger partial charge in [-0.2, -0.15) is 5.10 Å². The summed E-state index contributed by atoms with van der Waals surface area (Å²) in [6.45, 7) is 10.0. The lowest BCUT2D eigenvalue weighted by Gasteiger charge is -2.25. The van der Waals surface area contributed by atoms with E-state index in [1.807, 2.05) is 58.9 Å². The van der Waals surface area contributed by atoms with Gasteiger partial charge in [0.2, 0.25) is 11.8 Å². The summed E-state index contributed by atoms with van der Waals surface area (Å²) < 4.78 is 2.03. The summed E-state index contributed by atoms with van der Waals surface area (Å²) in [6, 6.07) is 7.84. The van der Waals surface area contributed by atoms with Crippen molar-refractivity contribution in [1.29, 1.82) is 0 Å². The molecule has 0 aliphatic carbocycles. The van der Waals surface area contributed by atoms with E-state index < -0.39 is 0 Å². The maximum atomic E-state index is 12.8. The summed E-state index contributed by atoms with van der Waals surface area (Å²) in [5, 5.41) is 9.88. The number of H-pyrrole nitrogens is 1. The van der Waals surface area contributed by atoms with E-state index in [1.54, 1.807) is 4.57 Å². The van der Waals surface area contributed by atoms with Gasteiger partial charge in [-0.3, -0.25) is 19.3 Å². The van der Waals surface area contributed by atoms with E-state index in [0.717, 1.165) is 11.1 Å². The number of aryl methyl sites for hydroxylation is 1. The van der Waals surface area contributed by atoms with Gasteiger partial charge in [0.1, 0.15) is 6.54 Å². The standard InChI is InChI=1S/C19H27N5O2S/c1-6-23(11-15(25)20-19(3,4)5)16(26)12-24-17(21-22-18(24)27)14-9-7-13(2)8-10-14/h7-10H,6,11-12H2,1-5H3,(H,20,25)(H,22,27). The highest BCUT2D eigenvalue weighted by Crippen LogP contribution is 2.18. The number of likely N-dealkylation sites (N-methyl/N-ethyl adjacent to an activating group) is 1. The topological polar surface area (TPSA) is 83.0 Å². The van der Waals surface area contributed by atoms with Crippen LogP contribution in [0.2, 0.25) is 0 Å². The van der Waals surface area contributed by atoms with Crippen LogP contribution in [0.3, 0.4) is 0 Å². The average molecular weight is 390 g/mol. The van der Waals surface area contributed by atoms with Crippen molar-refractivity contribution in [2.75, 3.05) is 13.1 Å². The van der Waals surface area contributed by atoms with E-state index >= 15 is 0 Å². The molecule has 0 spiro atoms. The molecule has 0 fully saturated rings. The number of rotatable bonds is 6. The van der Waals surface area contributed by atoms with Crippen LogP contribution in [0.25, 0.3) is 11.4 Å². The predicted molar refractivity (Wildman–Crippen MR) is 108 cm³/mol. The molecule has 2 N–H and O–H groups in total. The van der Waals surface area contributed by atoms with Crippen molar-refractivity contribution in [2.45, 2.75) is 46.7 Å². The molecule has 0 unspecified atom stereocenters. The van der Waals surface area contributed by atoms with Gasteiger partial charge in [-0.05, 0) is 46.8 Å².